The van der Waals surface area contributed by atoms with Crippen molar-refractivity contribution in [3.8, 4) is 0 Å². The van der Waals surface area contributed by atoms with Crippen LogP contribution in [0.2, 0.25) is 0 Å². The van der Waals surface area contributed by atoms with Gasteiger partial charge >= 0.3 is 5.97 Å². The summed E-state index contributed by atoms with van der Waals surface area (Å²) in [4.78, 5) is 37.7. The molecule has 0 aliphatic carbocycles. The number of hydrogen-bond acceptors (Lipinski definition) is 4. The zero-order valence-electron chi connectivity index (χ0n) is 12.2. The highest BCUT2D eigenvalue weighted by molar-refractivity contribution is 6.14. The number of amides is 1. The molecule has 0 saturated carbocycles. The molecule has 3 rings (SSSR count). The van der Waals surface area contributed by atoms with Crippen molar-refractivity contribution in [3.05, 3.63) is 47.0 Å². The number of hydrogen-bond donors (Lipinski definition) is 2. The van der Waals surface area contributed by atoms with E-state index in [1.165, 1.54) is 17.0 Å². The number of fused-ring (bicyclic) bond motifs is 1. The van der Waals surface area contributed by atoms with Gasteiger partial charge in [0, 0.05) is 18.7 Å². The molecule has 2 heterocycles. The molecule has 2 N–H and O–H groups in total. The fourth-order valence-electron chi connectivity index (χ4n) is 2.98. The number of halogens is 1. The molecule has 1 aromatic carbocycles. The number of carboxylic acids is 1. The van der Waals surface area contributed by atoms with E-state index in [9.17, 15) is 18.8 Å². The normalized spacial score (nSPS) is 20.3. The molecule has 0 bridgehead atoms. The van der Waals surface area contributed by atoms with Crippen molar-refractivity contribution < 1.29 is 23.9 Å². The molecule has 1 saturated heterocycles. The lowest BCUT2D eigenvalue weighted by molar-refractivity contribution is -0.141. The van der Waals surface area contributed by atoms with Gasteiger partial charge in [-0.2, -0.15) is 0 Å². The van der Waals surface area contributed by atoms with Gasteiger partial charge in [0.05, 0.1) is 17.9 Å². The molecular formula is C16H15FN2O4. The molecular weight excluding hydrogens is 303 g/mol. The van der Waals surface area contributed by atoms with E-state index in [-0.39, 0.29) is 17.0 Å². The first kappa shape index (κ1) is 15.2. The first-order chi connectivity index (χ1) is 11.0. The van der Waals surface area contributed by atoms with Crippen LogP contribution >= 0.6 is 0 Å². The third kappa shape index (κ3) is 2.69. The maximum Gasteiger partial charge on any atom is 0.304 e. The summed E-state index contributed by atoms with van der Waals surface area (Å²) in [6.45, 7) is 1.07. The first-order valence-corrected chi connectivity index (χ1v) is 7.30. The van der Waals surface area contributed by atoms with E-state index < -0.39 is 29.9 Å². The van der Waals surface area contributed by atoms with E-state index in [0.717, 1.165) is 18.6 Å². The van der Waals surface area contributed by atoms with Gasteiger partial charge < -0.3 is 10.4 Å². The standard InChI is InChI=1S/C16H15FN2O4/c17-10-4-2-9(3-5-10)14(22)13-11(8-12(20)21)16(23)19-7-1-6-18-15(13)19/h2-5,11,18H,1,6-8H2,(H,20,21)/t11-/m0/s1. The van der Waals surface area contributed by atoms with Crippen LogP contribution in [0.3, 0.4) is 0 Å². The minimum absolute atomic E-state index is 0.156. The molecule has 1 amide bonds. The summed E-state index contributed by atoms with van der Waals surface area (Å²) in [6.07, 6.45) is 0.288. The molecule has 120 valence electrons. The predicted octanol–water partition coefficient (Wildman–Crippen LogP) is 1.15. The van der Waals surface area contributed by atoms with Crippen LogP contribution in [-0.2, 0) is 9.59 Å². The third-order valence-corrected chi connectivity index (χ3v) is 4.02. The topological polar surface area (TPSA) is 86.7 Å². The summed E-state index contributed by atoms with van der Waals surface area (Å²) >= 11 is 0. The van der Waals surface area contributed by atoms with Crippen molar-refractivity contribution in [1.82, 2.24) is 10.2 Å². The first-order valence-electron chi connectivity index (χ1n) is 7.30. The van der Waals surface area contributed by atoms with Crippen LogP contribution in [0.15, 0.2) is 35.7 Å². The number of carboxylic acid groups (broad SMARTS) is 1. The summed E-state index contributed by atoms with van der Waals surface area (Å²) in [6, 6.07) is 4.99. The van der Waals surface area contributed by atoms with E-state index in [4.69, 9.17) is 5.11 Å². The molecule has 1 aromatic rings. The van der Waals surface area contributed by atoms with Gasteiger partial charge in [-0.1, -0.05) is 0 Å². The molecule has 2 aliphatic rings. The largest absolute Gasteiger partial charge is 0.481 e. The summed E-state index contributed by atoms with van der Waals surface area (Å²) in [5.41, 5.74) is 0.384. The predicted molar refractivity (Wildman–Crippen MR) is 77.8 cm³/mol. The third-order valence-electron chi connectivity index (χ3n) is 4.02. The number of benzene rings is 1. The second-order valence-corrected chi connectivity index (χ2v) is 5.52. The highest BCUT2D eigenvalue weighted by Crippen LogP contribution is 2.34. The second kappa shape index (κ2) is 5.83. The summed E-state index contributed by atoms with van der Waals surface area (Å²) in [5.74, 6) is -3.06. The van der Waals surface area contributed by atoms with Gasteiger partial charge in [0.1, 0.15) is 11.6 Å². The number of Topliss-reactive ketones (excluding diaryl/α,β-unsaturated/α-hetero) is 1. The number of ketones is 1. The monoisotopic (exact) mass is 318 g/mol. The van der Waals surface area contributed by atoms with Gasteiger partial charge in [-0.25, -0.2) is 4.39 Å². The molecule has 6 nitrogen and oxygen atoms in total. The minimum Gasteiger partial charge on any atom is -0.481 e. The van der Waals surface area contributed by atoms with Crippen LogP contribution in [0.4, 0.5) is 4.39 Å². The van der Waals surface area contributed by atoms with Gasteiger partial charge in [-0.05, 0) is 30.7 Å². The molecule has 0 radical (unpaired) electrons. The fourth-order valence-corrected chi connectivity index (χ4v) is 2.98. The Bertz CT molecular complexity index is 711. The summed E-state index contributed by atoms with van der Waals surface area (Å²) < 4.78 is 13.0. The molecule has 0 unspecified atom stereocenters. The smallest absolute Gasteiger partial charge is 0.304 e. The van der Waals surface area contributed by atoms with Gasteiger partial charge in [-0.3, -0.25) is 19.3 Å². The van der Waals surface area contributed by atoms with Crippen LogP contribution in [0, 0.1) is 11.7 Å². The van der Waals surface area contributed by atoms with E-state index in [0.29, 0.717) is 18.9 Å². The van der Waals surface area contributed by atoms with Crippen molar-refractivity contribution in [2.45, 2.75) is 12.8 Å². The van der Waals surface area contributed by atoms with Crippen molar-refractivity contribution in [1.29, 1.82) is 0 Å². The van der Waals surface area contributed by atoms with E-state index in [2.05, 4.69) is 5.32 Å². The van der Waals surface area contributed by atoms with Crippen LogP contribution < -0.4 is 5.32 Å². The van der Waals surface area contributed by atoms with E-state index in [1.807, 2.05) is 0 Å². The average Bonchev–Trinajstić information content (AvgIpc) is 2.80. The van der Waals surface area contributed by atoms with E-state index in [1.54, 1.807) is 0 Å². The Morgan fingerprint density at radius 3 is 2.65 bits per heavy atom. The summed E-state index contributed by atoms with van der Waals surface area (Å²) in [7, 11) is 0. The Balaban J connectivity index is 2.03. The van der Waals surface area contributed by atoms with Crippen molar-refractivity contribution in [2.24, 2.45) is 5.92 Å². The molecule has 23 heavy (non-hydrogen) atoms. The summed E-state index contributed by atoms with van der Waals surface area (Å²) in [5, 5.41) is 12.1. The number of nitrogens with zero attached hydrogens (tertiary/aromatic N) is 1. The van der Waals surface area contributed by atoms with Crippen LogP contribution in [-0.4, -0.2) is 40.8 Å². The van der Waals surface area contributed by atoms with Gasteiger partial charge in [0.15, 0.2) is 5.78 Å². The molecule has 1 atom stereocenters. The Morgan fingerprint density at radius 2 is 2.00 bits per heavy atom. The SMILES string of the molecule is O=C(O)C[C@@H]1C(=O)N2CCCNC2=C1C(=O)c1ccc(F)cc1. The average molecular weight is 318 g/mol. The maximum absolute atomic E-state index is 13.0. The van der Waals surface area contributed by atoms with Crippen LogP contribution in [0.1, 0.15) is 23.2 Å². The lowest BCUT2D eigenvalue weighted by atomic mass is 9.91. The van der Waals surface area contributed by atoms with Crippen molar-refractivity contribution in [3.63, 3.8) is 0 Å². The number of carbonyl (C=O) groups is 3. The molecule has 2 aliphatic heterocycles. The number of carbonyl (C=O) groups excluding carboxylic acids is 2. The Hall–Kier alpha value is -2.70. The van der Waals surface area contributed by atoms with Crippen molar-refractivity contribution in [2.75, 3.05) is 13.1 Å². The molecule has 7 heteroatoms. The zero-order valence-corrected chi connectivity index (χ0v) is 12.2. The maximum atomic E-state index is 13.0. The second-order valence-electron chi connectivity index (χ2n) is 5.52. The number of aliphatic carboxylic acids is 1. The van der Waals surface area contributed by atoms with Crippen LogP contribution in [0.5, 0.6) is 0 Å². The Morgan fingerprint density at radius 1 is 1.30 bits per heavy atom. The lowest BCUT2D eigenvalue weighted by Crippen LogP contribution is -2.40. The number of nitrogens with one attached hydrogen (secondary N) is 1. The minimum atomic E-state index is -1.15. The van der Waals surface area contributed by atoms with Gasteiger partial charge in [0.2, 0.25) is 5.91 Å². The highest BCUT2D eigenvalue weighted by Gasteiger charge is 2.44. The Kier molecular flexibility index (Phi) is 3.85. The molecule has 1 fully saturated rings. The highest BCUT2D eigenvalue weighted by atomic mass is 19.1. The Labute approximate surface area is 131 Å². The fraction of sp³-hybridized carbons (Fsp3) is 0.312. The molecule has 0 aromatic heterocycles. The molecule has 0 spiro atoms. The van der Waals surface area contributed by atoms with Crippen LogP contribution in [0.25, 0.3) is 0 Å². The van der Waals surface area contributed by atoms with Gasteiger partial charge in [0.25, 0.3) is 0 Å². The van der Waals surface area contributed by atoms with Gasteiger partial charge in [-0.15, -0.1) is 0 Å². The zero-order chi connectivity index (χ0) is 16.6. The number of rotatable bonds is 4. The van der Waals surface area contributed by atoms with Crippen molar-refractivity contribution >= 4 is 17.7 Å². The quantitative estimate of drug-likeness (QED) is 0.813. The van der Waals surface area contributed by atoms with E-state index >= 15 is 0 Å². The lowest BCUT2D eigenvalue weighted by Gasteiger charge is -2.26.